The summed E-state index contributed by atoms with van der Waals surface area (Å²) in [6, 6.07) is 18.7. The molecule has 3 rings (SSSR count). The number of carbonyl (C=O) groups excluding carboxylic acids is 1. The maximum Gasteiger partial charge on any atom is 0.277 e. The molecule has 0 radical (unpaired) electrons. The first kappa shape index (κ1) is 19.4. The molecular formula is C22H24N4O2. The van der Waals surface area contributed by atoms with Gasteiger partial charge in [-0.05, 0) is 51.1 Å². The molecule has 3 aromatic rings. The van der Waals surface area contributed by atoms with E-state index in [9.17, 15) is 4.79 Å². The summed E-state index contributed by atoms with van der Waals surface area (Å²) in [7, 11) is 0. The number of hydrogen-bond acceptors (Lipinski definition) is 5. The van der Waals surface area contributed by atoms with Crippen molar-refractivity contribution in [2.45, 2.75) is 26.9 Å². The molecule has 6 heteroatoms. The van der Waals surface area contributed by atoms with Gasteiger partial charge in [-0.1, -0.05) is 30.3 Å². The van der Waals surface area contributed by atoms with Crippen molar-refractivity contribution in [2.24, 2.45) is 0 Å². The molecule has 1 amide bonds. The Balaban J connectivity index is 1.84. The Kier molecular flexibility index (Phi) is 6.22. The predicted molar refractivity (Wildman–Crippen MR) is 111 cm³/mol. The second kappa shape index (κ2) is 8.99. The zero-order valence-electron chi connectivity index (χ0n) is 16.3. The van der Waals surface area contributed by atoms with Crippen LogP contribution in [0.5, 0.6) is 5.75 Å². The van der Waals surface area contributed by atoms with Crippen molar-refractivity contribution in [3.8, 4) is 5.75 Å². The number of anilines is 3. The van der Waals surface area contributed by atoms with Crippen LogP contribution in [0.3, 0.4) is 0 Å². The summed E-state index contributed by atoms with van der Waals surface area (Å²) >= 11 is 0. The molecule has 6 nitrogen and oxygen atoms in total. The number of amides is 1. The second-order valence-electron chi connectivity index (χ2n) is 6.44. The van der Waals surface area contributed by atoms with Gasteiger partial charge in [-0.15, -0.1) is 0 Å². The van der Waals surface area contributed by atoms with Crippen molar-refractivity contribution in [3.63, 3.8) is 0 Å². The van der Waals surface area contributed by atoms with E-state index in [1.807, 2.05) is 75.4 Å². The van der Waals surface area contributed by atoms with E-state index >= 15 is 0 Å². The van der Waals surface area contributed by atoms with E-state index in [-0.39, 0.29) is 12.0 Å². The lowest BCUT2D eigenvalue weighted by molar-refractivity contribution is 0.0983. The maximum atomic E-state index is 13.0. The molecule has 1 heterocycles. The third-order valence-electron chi connectivity index (χ3n) is 4.00. The smallest absolute Gasteiger partial charge is 0.277 e. The van der Waals surface area contributed by atoms with Crippen LogP contribution in [-0.4, -0.2) is 28.5 Å². The van der Waals surface area contributed by atoms with E-state index in [4.69, 9.17) is 4.74 Å². The predicted octanol–water partition coefficient (Wildman–Crippen LogP) is 4.67. The van der Waals surface area contributed by atoms with E-state index in [0.717, 1.165) is 11.4 Å². The van der Waals surface area contributed by atoms with Crippen LogP contribution < -0.4 is 15.0 Å². The number of para-hydroxylation sites is 3. The van der Waals surface area contributed by atoms with Crippen LogP contribution in [0.1, 0.15) is 31.3 Å². The van der Waals surface area contributed by atoms with Gasteiger partial charge < -0.3 is 15.0 Å². The van der Waals surface area contributed by atoms with Crippen LogP contribution in [0, 0.1) is 0 Å². The number of ether oxygens (including phenoxy) is 1. The first-order valence-corrected chi connectivity index (χ1v) is 9.31. The van der Waals surface area contributed by atoms with Gasteiger partial charge in [-0.3, -0.25) is 4.79 Å². The molecule has 0 fully saturated rings. The lowest BCUT2D eigenvalue weighted by Crippen LogP contribution is -2.31. The molecule has 1 N–H and O–H groups in total. The Hall–Kier alpha value is -3.41. The fraction of sp³-hybridized carbons (Fsp3) is 0.227. The van der Waals surface area contributed by atoms with Crippen LogP contribution in [0.4, 0.5) is 17.3 Å². The molecule has 0 unspecified atom stereocenters. The molecule has 0 atom stereocenters. The molecule has 1 aromatic heterocycles. The van der Waals surface area contributed by atoms with Crippen LogP contribution in [0.2, 0.25) is 0 Å². The highest BCUT2D eigenvalue weighted by molar-refractivity contribution is 6.04. The highest BCUT2D eigenvalue weighted by Crippen LogP contribution is 2.27. The maximum absolute atomic E-state index is 13.0. The zero-order valence-corrected chi connectivity index (χ0v) is 16.3. The van der Waals surface area contributed by atoms with Gasteiger partial charge in [-0.25, -0.2) is 9.97 Å². The van der Waals surface area contributed by atoms with E-state index < -0.39 is 0 Å². The minimum atomic E-state index is -0.175. The molecule has 28 heavy (non-hydrogen) atoms. The van der Waals surface area contributed by atoms with E-state index in [2.05, 4.69) is 15.3 Å². The molecule has 0 aliphatic carbocycles. The minimum absolute atomic E-state index is 0.0424. The molecule has 0 spiro atoms. The number of aromatic nitrogens is 2. The molecule has 2 aromatic carbocycles. The first-order valence-electron chi connectivity index (χ1n) is 9.31. The van der Waals surface area contributed by atoms with Crippen molar-refractivity contribution < 1.29 is 9.53 Å². The highest BCUT2D eigenvalue weighted by atomic mass is 16.5. The quantitative estimate of drug-likeness (QED) is 0.649. The number of nitrogens with zero attached hydrogens (tertiary/aromatic N) is 3. The van der Waals surface area contributed by atoms with E-state index in [1.165, 1.54) is 0 Å². The summed E-state index contributed by atoms with van der Waals surface area (Å²) in [5, 5.41) is 3.15. The minimum Gasteiger partial charge on any atom is -0.489 e. The third-order valence-corrected chi connectivity index (χ3v) is 4.00. The van der Waals surface area contributed by atoms with Crippen LogP contribution in [0.15, 0.2) is 66.9 Å². The number of carbonyl (C=O) groups is 1. The molecule has 0 aliphatic rings. The summed E-state index contributed by atoms with van der Waals surface area (Å²) in [6.45, 7) is 6.41. The Bertz CT molecular complexity index is 929. The van der Waals surface area contributed by atoms with Gasteiger partial charge in [0.2, 0.25) is 5.95 Å². The van der Waals surface area contributed by atoms with Crippen LogP contribution in [0.25, 0.3) is 0 Å². The van der Waals surface area contributed by atoms with Crippen molar-refractivity contribution in [1.82, 2.24) is 9.97 Å². The van der Waals surface area contributed by atoms with Crippen molar-refractivity contribution in [1.29, 1.82) is 0 Å². The van der Waals surface area contributed by atoms with Gasteiger partial charge in [-0.2, -0.15) is 0 Å². The normalized spacial score (nSPS) is 10.6. The van der Waals surface area contributed by atoms with Gasteiger partial charge in [0.15, 0.2) is 0 Å². The molecule has 0 aliphatic heterocycles. The topological polar surface area (TPSA) is 67.4 Å². The molecule has 144 valence electrons. The van der Waals surface area contributed by atoms with E-state index in [1.54, 1.807) is 17.2 Å². The van der Waals surface area contributed by atoms with Gasteiger partial charge >= 0.3 is 0 Å². The lowest BCUT2D eigenvalue weighted by Gasteiger charge is -2.20. The summed E-state index contributed by atoms with van der Waals surface area (Å²) in [4.78, 5) is 23.3. The zero-order chi connectivity index (χ0) is 19.9. The Morgan fingerprint density at radius 3 is 2.50 bits per heavy atom. The summed E-state index contributed by atoms with van der Waals surface area (Å²) in [6.07, 6.45) is 1.62. The Morgan fingerprint density at radius 1 is 1.07 bits per heavy atom. The second-order valence-corrected chi connectivity index (χ2v) is 6.44. The van der Waals surface area contributed by atoms with E-state index in [0.29, 0.717) is 23.9 Å². The Morgan fingerprint density at radius 2 is 1.79 bits per heavy atom. The van der Waals surface area contributed by atoms with Crippen molar-refractivity contribution >= 4 is 23.2 Å². The summed E-state index contributed by atoms with van der Waals surface area (Å²) in [5.41, 5.74) is 1.90. The molecule has 0 saturated carbocycles. The van der Waals surface area contributed by atoms with Crippen molar-refractivity contribution in [3.05, 3.63) is 72.6 Å². The standard InChI is InChI=1S/C22H24N4O2/c1-4-26(17-10-6-5-7-11-17)21(27)19-14-15-23-22(25-19)24-18-12-8-9-13-20(18)28-16(2)3/h5-16H,4H2,1-3H3,(H,23,24,25). The van der Waals surface area contributed by atoms with Crippen LogP contribution >= 0.6 is 0 Å². The summed E-state index contributed by atoms with van der Waals surface area (Å²) < 4.78 is 5.82. The number of rotatable bonds is 7. The SMILES string of the molecule is CCN(C(=O)c1ccnc(Nc2ccccc2OC(C)C)n1)c1ccccc1. The molecule has 0 bridgehead atoms. The average molecular weight is 376 g/mol. The largest absolute Gasteiger partial charge is 0.489 e. The fourth-order valence-corrected chi connectivity index (χ4v) is 2.77. The molecule has 0 saturated heterocycles. The lowest BCUT2D eigenvalue weighted by atomic mass is 10.2. The van der Waals surface area contributed by atoms with Crippen molar-refractivity contribution in [2.75, 3.05) is 16.8 Å². The highest BCUT2D eigenvalue weighted by Gasteiger charge is 2.18. The van der Waals surface area contributed by atoms with Gasteiger partial charge in [0.1, 0.15) is 11.4 Å². The van der Waals surface area contributed by atoms with Gasteiger partial charge in [0.25, 0.3) is 5.91 Å². The van der Waals surface area contributed by atoms with Gasteiger partial charge in [0, 0.05) is 18.4 Å². The summed E-state index contributed by atoms with van der Waals surface area (Å²) in [5.74, 6) is 0.873. The van der Waals surface area contributed by atoms with Gasteiger partial charge in [0.05, 0.1) is 11.8 Å². The number of benzene rings is 2. The van der Waals surface area contributed by atoms with Crippen LogP contribution in [-0.2, 0) is 0 Å². The fourth-order valence-electron chi connectivity index (χ4n) is 2.77. The Labute approximate surface area is 165 Å². The first-order chi connectivity index (χ1) is 13.6. The monoisotopic (exact) mass is 376 g/mol. The molecular weight excluding hydrogens is 352 g/mol. The number of nitrogens with one attached hydrogen (secondary N) is 1. The third kappa shape index (κ3) is 4.65. The number of hydrogen-bond donors (Lipinski definition) is 1. The average Bonchev–Trinajstić information content (AvgIpc) is 2.71.